The summed E-state index contributed by atoms with van der Waals surface area (Å²) in [6.45, 7) is 5.38. The van der Waals surface area contributed by atoms with Crippen LogP contribution in [0.4, 0.5) is 0 Å². The van der Waals surface area contributed by atoms with E-state index in [1.807, 2.05) is 26.0 Å². The Balaban J connectivity index is 2.39. The van der Waals surface area contributed by atoms with E-state index in [1.165, 1.54) is 12.1 Å². The van der Waals surface area contributed by atoms with E-state index in [1.54, 1.807) is 31.2 Å². The molecule has 4 nitrogen and oxygen atoms in total. The summed E-state index contributed by atoms with van der Waals surface area (Å²) in [5.74, 6) is 0. The number of nitriles is 1. The summed E-state index contributed by atoms with van der Waals surface area (Å²) >= 11 is 0. The fourth-order valence-corrected chi connectivity index (χ4v) is 3.39. The third-order valence-electron chi connectivity index (χ3n) is 3.52. The quantitative estimate of drug-likeness (QED) is 0.943. The van der Waals surface area contributed by atoms with Gasteiger partial charge in [-0.15, -0.1) is 0 Å². The molecule has 0 aliphatic rings. The largest absolute Gasteiger partial charge is 0.242 e. The predicted octanol–water partition coefficient (Wildman–Crippen LogP) is 3.02. The Morgan fingerprint density at radius 2 is 1.41 bits per heavy atom. The van der Waals surface area contributed by atoms with Crippen LogP contribution in [0.5, 0.6) is 0 Å². The van der Waals surface area contributed by atoms with E-state index >= 15 is 0 Å². The van der Waals surface area contributed by atoms with Gasteiger partial charge in [-0.25, -0.2) is 8.42 Å². The first-order chi connectivity index (χ1) is 10.3. The van der Waals surface area contributed by atoms with E-state index in [4.69, 9.17) is 0 Å². The van der Waals surface area contributed by atoms with Crippen molar-refractivity contribution in [3.05, 3.63) is 65.2 Å². The fraction of sp³-hybridized carbons (Fsp3) is 0.235. The highest BCUT2D eigenvalue weighted by Crippen LogP contribution is 2.23. The lowest BCUT2D eigenvalue weighted by Crippen LogP contribution is -2.42. The maximum absolute atomic E-state index is 12.5. The molecule has 0 heterocycles. The molecular formula is C17H18N2O2S. The fourth-order valence-electron chi connectivity index (χ4n) is 2.08. The van der Waals surface area contributed by atoms with Crippen molar-refractivity contribution in [3.63, 3.8) is 0 Å². The van der Waals surface area contributed by atoms with Crippen LogP contribution in [-0.2, 0) is 15.6 Å². The Bertz CT molecular complexity index is 803. The highest BCUT2D eigenvalue weighted by Gasteiger charge is 2.32. The summed E-state index contributed by atoms with van der Waals surface area (Å²) in [4.78, 5) is 0.145. The van der Waals surface area contributed by atoms with E-state index < -0.39 is 15.6 Å². The minimum absolute atomic E-state index is 0.145. The molecule has 0 amide bonds. The lowest BCUT2D eigenvalue weighted by Gasteiger charge is -2.23. The average molecular weight is 314 g/mol. The lowest BCUT2D eigenvalue weighted by atomic mass is 9.94. The second-order valence-electron chi connectivity index (χ2n) is 5.52. The van der Waals surface area contributed by atoms with Gasteiger partial charge in [0.15, 0.2) is 0 Å². The van der Waals surface area contributed by atoms with Gasteiger partial charge in [-0.3, -0.25) is 0 Å². The van der Waals surface area contributed by atoms with Crippen molar-refractivity contribution in [1.82, 2.24) is 4.72 Å². The average Bonchev–Trinajstić information content (AvgIpc) is 2.47. The van der Waals surface area contributed by atoms with Gasteiger partial charge < -0.3 is 0 Å². The molecule has 2 rings (SSSR count). The second-order valence-corrected chi connectivity index (χ2v) is 7.20. The highest BCUT2D eigenvalue weighted by molar-refractivity contribution is 7.89. The lowest BCUT2D eigenvalue weighted by molar-refractivity contribution is 0.524. The maximum atomic E-state index is 12.5. The number of aryl methyl sites for hydroxylation is 2. The molecule has 0 spiro atoms. The van der Waals surface area contributed by atoms with Gasteiger partial charge in [-0.05, 0) is 38.5 Å². The van der Waals surface area contributed by atoms with Gasteiger partial charge in [-0.1, -0.05) is 47.5 Å². The predicted molar refractivity (Wildman–Crippen MR) is 85.6 cm³/mol. The van der Waals surface area contributed by atoms with Crippen LogP contribution in [0.2, 0.25) is 0 Å². The minimum atomic E-state index is -3.78. The second kappa shape index (κ2) is 5.91. The summed E-state index contributed by atoms with van der Waals surface area (Å²) in [6.07, 6.45) is 0. The first kappa shape index (κ1) is 16.2. The summed E-state index contributed by atoms with van der Waals surface area (Å²) in [5.41, 5.74) is 1.31. The third kappa shape index (κ3) is 3.35. The van der Waals surface area contributed by atoms with Crippen LogP contribution in [0.3, 0.4) is 0 Å². The molecule has 0 radical (unpaired) electrons. The molecule has 0 saturated heterocycles. The molecule has 1 atom stereocenters. The van der Waals surface area contributed by atoms with Gasteiger partial charge >= 0.3 is 0 Å². The summed E-state index contributed by atoms with van der Waals surface area (Å²) in [7, 11) is -3.78. The molecule has 22 heavy (non-hydrogen) atoms. The van der Waals surface area contributed by atoms with E-state index in [2.05, 4.69) is 10.8 Å². The van der Waals surface area contributed by atoms with E-state index in [9.17, 15) is 13.7 Å². The Labute approximate surface area is 131 Å². The van der Waals surface area contributed by atoms with E-state index in [-0.39, 0.29) is 4.90 Å². The summed E-state index contributed by atoms with van der Waals surface area (Å²) in [5, 5.41) is 9.49. The summed E-state index contributed by atoms with van der Waals surface area (Å²) in [6, 6.07) is 15.8. The minimum Gasteiger partial charge on any atom is -0.207 e. The van der Waals surface area contributed by atoms with Crippen molar-refractivity contribution in [2.75, 3.05) is 0 Å². The standard InChI is InChI=1S/C17H18N2O2S/c1-13-4-8-15(9-5-13)17(3,12-18)19-22(20,21)16-10-6-14(2)7-11-16/h4-11,19H,1-3H3. The number of nitrogens with one attached hydrogen (secondary N) is 1. The van der Waals surface area contributed by atoms with Crippen LogP contribution in [-0.4, -0.2) is 8.42 Å². The van der Waals surface area contributed by atoms with Gasteiger partial charge in [0.2, 0.25) is 10.0 Å². The van der Waals surface area contributed by atoms with Crippen LogP contribution in [0, 0.1) is 25.2 Å². The zero-order chi connectivity index (χ0) is 16.4. The molecule has 0 aromatic heterocycles. The Hall–Kier alpha value is -2.16. The first-order valence-corrected chi connectivity index (χ1v) is 8.34. The third-order valence-corrected chi connectivity index (χ3v) is 5.09. The Kier molecular flexibility index (Phi) is 4.36. The van der Waals surface area contributed by atoms with Crippen molar-refractivity contribution in [1.29, 1.82) is 5.26 Å². The van der Waals surface area contributed by atoms with Crippen LogP contribution in [0.1, 0.15) is 23.6 Å². The van der Waals surface area contributed by atoms with Crippen molar-refractivity contribution in [3.8, 4) is 6.07 Å². The number of benzene rings is 2. The van der Waals surface area contributed by atoms with Crippen molar-refractivity contribution in [2.45, 2.75) is 31.2 Å². The molecule has 0 saturated carbocycles. The van der Waals surface area contributed by atoms with Gasteiger partial charge in [-0.2, -0.15) is 9.98 Å². The molecule has 2 aromatic rings. The molecule has 0 fully saturated rings. The molecule has 114 valence electrons. The number of hydrogen-bond donors (Lipinski definition) is 1. The molecule has 0 bridgehead atoms. The smallest absolute Gasteiger partial charge is 0.207 e. The zero-order valence-corrected chi connectivity index (χ0v) is 13.6. The summed E-state index contributed by atoms with van der Waals surface area (Å²) < 4.78 is 27.5. The first-order valence-electron chi connectivity index (χ1n) is 6.86. The van der Waals surface area contributed by atoms with E-state index in [0.717, 1.165) is 11.1 Å². The van der Waals surface area contributed by atoms with Gasteiger partial charge in [0.25, 0.3) is 0 Å². The molecule has 5 heteroatoms. The Morgan fingerprint density at radius 1 is 0.955 bits per heavy atom. The van der Waals surface area contributed by atoms with Crippen molar-refractivity contribution in [2.24, 2.45) is 0 Å². The zero-order valence-electron chi connectivity index (χ0n) is 12.8. The molecule has 0 aliphatic carbocycles. The molecule has 0 aliphatic heterocycles. The van der Waals surface area contributed by atoms with Gasteiger partial charge in [0.1, 0.15) is 5.54 Å². The van der Waals surface area contributed by atoms with Gasteiger partial charge in [0, 0.05) is 0 Å². The normalized spacial score (nSPS) is 14.1. The maximum Gasteiger partial charge on any atom is 0.242 e. The molecule has 2 aromatic carbocycles. The number of nitrogens with zero attached hydrogens (tertiary/aromatic N) is 1. The molecule has 1 N–H and O–H groups in total. The Morgan fingerprint density at radius 3 is 1.86 bits per heavy atom. The van der Waals surface area contributed by atoms with Crippen LogP contribution in [0.15, 0.2) is 53.4 Å². The van der Waals surface area contributed by atoms with Crippen LogP contribution in [0.25, 0.3) is 0 Å². The van der Waals surface area contributed by atoms with E-state index in [0.29, 0.717) is 5.56 Å². The van der Waals surface area contributed by atoms with Gasteiger partial charge in [0.05, 0.1) is 11.0 Å². The number of hydrogen-bond acceptors (Lipinski definition) is 3. The molecular weight excluding hydrogens is 296 g/mol. The molecule has 1 unspecified atom stereocenters. The number of sulfonamides is 1. The topological polar surface area (TPSA) is 70.0 Å². The van der Waals surface area contributed by atoms with Crippen LogP contribution >= 0.6 is 0 Å². The highest BCUT2D eigenvalue weighted by atomic mass is 32.2. The SMILES string of the molecule is Cc1ccc(C(C)(C#N)NS(=O)(=O)c2ccc(C)cc2)cc1. The van der Waals surface area contributed by atoms with Crippen molar-refractivity contribution < 1.29 is 8.42 Å². The number of rotatable bonds is 4. The monoisotopic (exact) mass is 314 g/mol. The van der Waals surface area contributed by atoms with Crippen molar-refractivity contribution >= 4 is 10.0 Å². The van der Waals surface area contributed by atoms with Crippen LogP contribution < -0.4 is 4.72 Å².